The van der Waals surface area contributed by atoms with Crippen molar-refractivity contribution in [2.45, 2.75) is 19.4 Å². The summed E-state index contributed by atoms with van der Waals surface area (Å²) in [6.07, 6.45) is 1.04. The average molecular weight is 255 g/mol. The van der Waals surface area contributed by atoms with Crippen LogP contribution in [0.25, 0.3) is 0 Å². The molecule has 0 aliphatic rings. The second-order valence-corrected chi connectivity index (χ2v) is 4.77. The maximum Gasteiger partial charge on any atom is 0.257 e. The first-order chi connectivity index (χ1) is 8.24. The molecule has 0 atom stereocenters. The number of hydrogen-bond acceptors (Lipinski definition) is 4. The van der Waals surface area contributed by atoms with Crippen LogP contribution in [-0.4, -0.2) is 47.1 Å². The molecular formula is C12H18FN3O2. The lowest BCUT2D eigenvalue weighted by Gasteiger charge is -2.26. The summed E-state index contributed by atoms with van der Waals surface area (Å²) < 4.78 is 13.1. The highest BCUT2D eigenvalue weighted by Crippen LogP contribution is 2.16. The van der Waals surface area contributed by atoms with Gasteiger partial charge in [0.15, 0.2) is 0 Å². The third-order valence-corrected chi connectivity index (χ3v) is 2.29. The minimum Gasteiger partial charge on any atom is -0.389 e. The summed E-state index contributed by atoms with van der Waals surface area (Å²) in [5.41, 5.74) is -0.866. The monoisotopic (exact) mass is 255 g/mol. The number of nitrogens with one attached hydrogen (secondary N) is 1. The summed E-state index contributed by atoms with van der Waals surface area (Å²) in [6, 6.07) is 1.13. The first-order valence-corrected chi connectivity index (χ1v) is 5.56. The molecule has 18 heavy (non-hydrogen) atoms. The van der Waals surface area contributed by atoms with Crippen LogP contribution in [0, 0.1) is 5.82 Å². The second-order valence-electron chi connectivity index (χ2n) is 4.77. The SMILES string of the molecule is CNc1ncc(F)cc1C(=O)N(C)CC(C)(C)O. The number of amides is 1. The van der Waals surface area contributed by atoms with Crippen molar-refractivity contribution in [3.63, 3.8) is 0 Å². The fourth-order valence-corrected chi connectivity index (χ4v) is 1.66. The first-order valence-electron chi connectivity index (χ1n) is 5.56. The molecule has 1 heterocycles. The third-order valence-electron chi connectivity index (χ3n) is 2.29. The summed E-state index contributed by atoms with van der Waals surface area (Å²) in [6.45, 7) is 3.34. The Balaban J connectivity index is 2.99. The van der Waals surface area contributed by atoms with E-state index in [-0.39, 0.29) is 12.1 Å². The Morgan fingerprint density at radius 2 is 2.22 bits per heavy atom. The molecule has 1 aromatic heterocycles. The van der Waals surface area contributed by atoms with E-state index in [1.807, 2.05) is 0 Å². The highest BCUT2D eigenvalue weighted by molar-refractivity contribution is 5.98. The molecule has 0 fully saturated rings. The molecule has 0 aliphatic heterocycles. The van der Waals surface area contributed by atoms with Gasteiger partial charge in [0.25, 0.3) is 5.91 Å². The predicted octanol–water partition coefficient (Wildman–Crippen LogP) is 1.11. The molecule has 100 valence electrons. The van der Waals surface area contributed by atoms with Crippen LogP contribution in [0.5, 0.6) is 0 Å². The Kier molecular flexibility index (Phi) is 4.24. The summed E-state index contributed by atoms with van der Waals surface area (Å²) in [4.78, 5) is 17.3. The van der Waals surface area contributed by atoms with E-state index in [9.17, 15) is 14.3 Å². The number of nitrogens with zero attached hydrogens (tertiary/aromatic N) is 2. The number of likely N-dealkylation sites (N-methyl/N-ethyl adjacent to an activating group) is 1. The maximum absolute atomic E-state index is 13.1. The van der Waals surface area contributed by atoms with Crippen molar-refractivity contribution in [3.05, 3.63) is 23.6 Å². The number of aromatic nitrogens is 1. The average Bonchev–Trinajstić information content (AvgIpc) is 2.25. The van der Waals surface area contributed by atoms with Gasteiger partial charge in [0.2, 0.25) is 0 Å². The van der Waals surface area contributed by atoms with Crippen molar-refractivity contribution in [3.8, 4) is 0 Å². The van der Waals surface area contributed by atoms with Gasteiger partial charge in [0.1, 0.15) is 11.6 Å². The lowest BCUT2D eigenvalue weighted by atomic mass is 10.1. The molecule has 0 saturated heterocycles. The highest BCUT2D eigenvalue weighted by Gasteiger charge is 2.22. The zero-order chi connectivity index (χ0) is 13.9. The lowest BCUT2D eigenvalue weighted by Crippen LogP contribution is -2.40. The van der Waals surface area contributed by atoms with E-state index < -0.39 is 17.3 Å². The topological polar surface area (TPSA) is 65.5 Å². The van der Waals surface area contributed by atoms with Crippen LogP contribution in [0.2, 0.25) is 0 Å². The third kappa shape index (κ3) is 3.66. The highest BCUT2D eigenvalue weighted by atomic mass is 19.1. The molecule has 1 amide bonds. The van der Waals surface area contributed by atoms with Gasteiger partial charge >= 0.3 is 0 Å². The molecule has 5 nitrogen and oxygen atoms in total. The van der Waals surface area contributed by atoms with Crippen molar-refractivity contribution >= 4 is 11.7 Å². The van der Waals surface area contributed by atoms with Crippen molar-refractivity contribution in [1.82, 2.24) is 9.88 Å². The van der Waals surface area contributed by atoms with Crippen molar-refractivity contribution < 1.29 is 14.3 Å². The Morgan fingerprint density at radius 1 is 1.61 bits per heavy atom. The maximum atomic E-state index is 13.1. The zero-order valence-corrected chi connectivity index (χ0v) is 11.0. The fourth-order valence-electron chi connectivity index (χ4n) is 1.66. The van der Waals surface area contributed by atoms with E-state index in [0.29, 0.717) is 5.82 Å². The molecule has 0 aliphatic carbocycles. The van der Waals surface area contributed by atoms with E-state index in [1.165, 1.54) is 4.90 Å². The zero-order valence-electron chi connectivity index (χ0n) is 11.0. The number of aliphatic hydroxyl groups is 1. The largest absolute Gasteiger partial charge is 0.389 e. The Hall–Kier alpha value is -1.69. The van der Waals surface area contributed by atoms with Crippen LogP contribution in [0.1, 0.15) is 24.2 Å². The normalized spacial score (nSPS) is 11.2. The molecule has 0 bridgehead atoms. The molecule has 2 N–H and O–H groups in total. The number of rotatable bonds is 4. The number of pyridine rings is 1. The number of carbonyl (C=O) groups is 1. The predicted molar refractivity (Wildman–Crippen MR) is 67.0 cm³/mol. The van der Waals surface area contributed by atoms with Crippen molar-refractivity contribution in [1.29, 1.82) is 0 Å². The Labute approximate surface area is 106 Å². The van der Waals surface area contributed by atoms with Gasteiger partial charge in [-0.15, -0.1) is 0 Å². The van der Waals surface area contributed by atoms with Gasteiger partial charge in [-0.2, -0.15) is 0 Å². The van der Waals surface area contributed by atoms with Crippen LogP contribution in [0.15, 0.2) is 12.3 Å². The summed E-state index contributed by atoms with van der Waals surface area (Å²) in [7, 11) is 3.15. The van der Waals surface area contributed by atoms with Crippen LogP contribution in [-0.2, 0) is 0 Å². The molecule has 0 unspecified atom stereocenters. The van der Waals surface area contributed by atoms with E-state index in [4.69, 9.17) is 0 Å². The summed E-state index contributed by atoms with van der Waals surface area (Å²) >= 11 is 0. The van der Waals surface area contributed by atoms with Gasteiger partial charge in [-0.25, -0.2) is 9.37 Å². The van der Waals surface area contributed by atoms with Gasteiger partial charge in [-0.3, -0.25) is 4.79 Å². The first kappa shape index (κ1) is 14.4. The second kappa shape index (κ2) is 5.30. The van der Waals surface area contributed by atoms with Crippen LogP contribution >= 0.6 is 0 Å². The van der Waals surface area contributed by atoms with Gasteiger partial charge in [-0.05, 0) is 19.9 Å². The molecule has 6 heteroatoms. The van der Waals surface area contributed by atoms with Crippen LogP contribution in [0.3, 0.4) is 0 Å². The van der Waals surface area contributed by atoms with E-state index >= 15 is 0 Å². The van der Waals surface area contributed by atoms with Crippen molar-refractivity contribution in [2.75, 3.05) is 26.0 Å². The number of halogens is 1. The molecule has 1 rings (SSSR count). The van der Waals surface area contributed by atoms with E-state index in [2.05, 4.69) is 10.3 Å². The van der Waals surface area contributed by atoms with Gasteiger partial charge in [-0.1, -0.05) is 0 Å². The minimum absolute atomic E-state index is 0.143. The standard InChI is InChI=1S/C12H18FN3O2/c1-12(2,18)7-16(4)11(17)9-5-8(13)6-15-10(9)14-3/h5-6,18H,7H2,1-4H3,(H,14,15). The van der Waals surface area contributed by atoms with Gasteiger partial charge in [0.05, 0.1) is 17.4 Å². The molecule has 0 aromatic carbocycles. The molecule has 0 radical (unpaired) electrons. The molecular weight excluding hydrogens is 237 g/mol. The molecule has 0 saturated carbocycles. The number of hydrogen-bond donors (Lipinski definition) is 2. The van der Waals surface area contributed by atoms with Gasteiger partial charge < -0.3 is 15.3 Å². The molecule has 0 spiro atoms. The smallest absolute Gasteiger partial charge is 0.257 e. The van der Waals surface area contributed by atoms with E-state index in [1.54, 1.807) is 27.9 Å². The molecule has 1 aromatic rings. The van der Waals surface area contributed by atoms with E-state index in [0.717, 1.165) is 12.3 Å². The Morgan fingerprint density at radius 3 is 2.72 bits per heavy atom. The quantitative estimate of drug-likeness (QED) is 0.845. The minimum atomic E-state index is -1.01. The fraction of sp³-hybridized carbons (Fsp3) is 0.500. The van der Waals surface area contributed by atoms with Gasteiger partial charge in [0, 0.05) is 20.6 Å². The Bertz CT molecular complexity index is 443. The van der Waals surface area contributed by atoms with Crippen LogP contribution < -0.4 is 5.32 Å². The lowest BCUT2D eigenvalue weighted by molar-refractivity contribution is 0.0368. The summed E-state index contributed by atoms with van der Waals surface area (Å²) in [5, 5.41) is 12.4. The van der Waals surface area contributed by atoms with Crippen LogP contribution in [0.4, 0.5) is 10.2 Å². The number of anilines is 1. The van der Waals surface area contributed by atoms with Crippen molar-refractivity contribution in [2.24, 2.45) is 0 Å². The summed E-state index contributed by atoms with van der Waals surface area (Å²) in [5.74, 6) is -0.661. The number of carbonyl (C=O) groups excluding carboxylic acids is 1.